The molecule has 9 heteroatoms. The molecule has 0 spiro atoms. The highest BCUT2D eigenvalue weighted by atomic mass is 32.1. The highest BCUT2D eigenvalue weighted by molar-refractivity contribution is 7.19. The Morgan fingerprint density at radius 3 is 2.96 bits per heavy atom. The first-order chi connectivity index (χ1) is 11.5. The molecule has 2 aromatic heterocycles. The van der Waals surface area contributed by atoms with Gasteiger partial charge < -0.3 is 10.4 Å². The Labute approximate surface area is 140 Å². The zero-order chi connectivity index (χ0) is 17.3. The quantitative estimate of drug-likeness (QED) is 0.542. The Morgan fingerprint density at radius 1 is 1.50 bits per heavy atom. The summed E-state index contributed by atoms with van der Waals surface area (Å²) in [4.78, 5) is 23.2. The summed E-state index contributed by atoms with van der Waals surface area (Å²) in [5, 5.41) is 28.4. The molecule has 0 saturated carbocycles. The molecule has 0 saturated heterocycles. The van der Waals surface area contributed by atoms with Crippen LogP contribution in [0.2, 0.25) is 0 Å². The van der Waals surface area contributed by atoms with Crippen molar-refractivity contribution >= 4 is 33.0 Å². The largest absolute Gasteiger partial charge is 0.386 e. The van der Waals surface area contributed by atoms with Gasteiger partial charge in [0.25, 0.3) is 5.91 Å². The summed E-state index contributed by atoms with van der Waals surface area (Å²) in [5.74, 6) is -0.651. The first-order valence-corrected chi connectivity index (χ1v) is 7.90. The number of rotatable bonds is 5. The zero-order valence-corrected chi connectivity index (χ0v) is 13.5. The van der Waals surface area contributed by atoms with Gasteiger partial charge in [-0.3, -0.25) is 19.6 Å². The first kappa shape index (κ1) is 16.1. The Bertz CT molecular complexity index is 884. The molecule has 3 aromatic rings. The molecular weight excluding hydrogens is 332 g/mol. The molecule has 1 atom stereocenters. The number of benzene rings is 1. The van der Waals surface area contributed by atoms with Crippen molar-refractivity contribution in [2.24, 2.45) is 7.05 Å². The summed E-state index contributed by atoms with van der Waals surface area (Å²) in [7, 11) is 1.45. The van der Waals surface area contributed by atoms with Gasteiger partial charge in [0.2, 0.25) is 5.69 Å². The third-order valence-electron chi connectivity index (χ3n) is 3.56. The number of aliphatic hydroxyl groups is 1. The van der Waals surface area contributed by atoms with Gasteiger partial charge in [0, 0.05) is 23.2 Å². The van der Waals surface area contributed by atoms with E-state index < -0.39 is 16.9 Å². The van der Waals surface area contributed by atoms with E-state index in [2.05, 4.69) is 10.4 Å². The van der Waals surface area contributed by atoms with Crippen molar-refractivity contribution in [1.82, 2.24) is 15.1 Å². The van der Waals surface area contributed by atoms with Crippen molar-refractivity contribution in [2.75, 3.05) is 6.54 Å². The minimum Gasteiger partial charge on any atom is -0.386 e. The second-order valence-corrected chi connectivity index (χ2v) is 6.29. The monoisotopic (exact) mass is 346 g/mol. The average Bonchev–Trinajstić information content (AvgIpc) is 3.15. The molecule has 3 rings (SSSR count). The number of fused-ring (bicyclic) bond motifs is 1. The van der Waals surface area contributed by atoms with Crippen LogP contribution in [-0.4, -0.2) is 32.3 Å². The van der Waals surface area contributed by atoms with E-state index in [1.165, 1.54) is 18.4 Å². The summed E-state index contributed by atoms with van der Waals surface area (Å²) in [6.07, 6.45) is 0.135. The van der Waals surface area contributed by atoms with Gasteiger partial charge in [0.15, 0.2) is 0 Å². The van der Waals surface area contributed by atoms with Gasteiger partial charge in [-0.25, -0.2) is 0 Å². The topological polar surface area (TPSA) is 110 Å². The van der Waals surface area contributed by atoms with Crippen molar-refractivity contribution in [2.45, 2.75) is 6.10 Å². The lowest BCUT2D eigenvalue weighted by molar-refractivity contribution is -0.385. The number of nitrogens with one attached hydrogen (secondary N) is 1. The van der Waals surface area contributed by atoms with Crippen molar-refractivity contribution < 1.29 is 14.8 Å². The second-order valence-electron chi connectivity index (χ2n) is 5.17. The number of carbonyl (C=O) groups excluding carboxylic acids is 1. The smallest absolute Gasteiger partial charge is 0.320 e. The van der Waals surface area contributed by atoms with E-state index in [9.17, 15) is 20.0 Å². The van der Waals surface area contributed by atoms with E-state index in [4.69, 9.17) is 0 Å². The van der Waals surface area contributed by atoms with Crippen LogP contribution in [0.1, 0.15) is 21.5 Å². The molecule has 0 aliphatic carbocycles. The molecule has 8 nitrogen and oxygen atoms in total. The molecule has 1 unspecified atom stereocenters. The van der Waals surface area contributed by atoms with E-state index in [1.54, 1.807) is 0 Å². The van der Waals surface area contributed by atoms with Crippen molar-refractivity contribution in [3.05, 3.63) is 57.2 Å². The predicted octanol–water partition coefficient (Wildman–Crippen LogP) is 2.01. The number of thiophene rings is 1. The van der Waals surface area contributed by atoms with Gasteiger partial charge in [0.1, 0.15) is 12.3 Å². The number of hydrogen-bond donors (Lipinski definition) is 2. The van der Waals surface area contributed by atoms with E-state index in [0.29, 0.717) is 0 Å². The van der Waals surface area contributed by atoms with Crippen molar-refractivity contribution in [3.63, 3.8) is 0 Å². The van der Waals surface area contributed by atoms with Crippen LogP contribution in [0, 0.1) is 10.1 Å². The van der Waals surface area contributed by atoms with Crippen LogP contribution in [0.5, 0.6) is 0 Å². The van der Waals surface area contributed by atoms with Gasteiger partial charge in [-0.15, -0.1) is 11.3 Å². The Kier molecular flexibility index (Phi) is 4.28. The molecule has 0 bridgehead atoms. The Balaban J connectivity index is 1.72. The van der Waals surface area contributed by atoms with Crippen LogP contribution < -0.4 is 5.32 Å². The number of nitrogens with zero attached hydrogens (tertiary/aromatic N) is 3. The standard InChI is InChI=1S/C15H14N4O4S/c1-18-14(10(7-17-18)19(22)23)15(21)16-8-11(20)13-6-9-4-2-3-5-12(9)24-13/h2-7,11,20H,8H2,1H3,(H,16,21). The molecule has 1 aromatic carbocycles. The number of amides is 1. The number of carbonyl (C=O) groups is 1. The zero-order valence-electron chi connectivity index (χ0n) is 12.7. The number of aryl methyl sites for hydroxylation is 1. The molecule has 0 radical (unpaired) electrons. The molecule has 0 aliphatic rings. The van der Waals surface area contributed by atoms with E-state index >= 15 is 0 Å². The Morgan fingerprint density at radius 2 is 2.25 bits per heavy atom. The Hall–Kier alpha value is -2.78. The minimum atomic E-state index is -0.890. The molecule has 124 valence electrons. The lowest BCUT2D eigenvalue weighted by Crippen LogP contribution is -2.30. The molecule has 2 heterocycles. The maximum atomic E-state index is 12.2. The average molecular weight is 346 g/mol. The maximum absolute atomic E-state index is 12.2. The van der Waals surface area contributed by atoms with Crippen LogP contribution in [0.3, 0.4) is 0 Å². The van der Waals surface area contributed by atoms with E-state index in [1.807, 2.05) is 30.3 Å². The van der Waals surface area contributed by atoms with Crippen LogP contribution in [0.15, 0.2) is 36.5 Å². The van der Waals surface area contributed by atoms with E-state index in [0.717, 1.165) is 25.8 Å². The molecule has 0 fully saturated rings. The minimum absolute atomic E-state index is 0.0476. The SMILES string of the molecule is Cn1ncc([N+](=O)[O-])c1C(=O)NCC(O)c1cc2ccccc2s1. The molecule has 0 aliphatic heterocycles. The van der Waals surface area contributed by atoms with E-state index in [-0.39, 0.29) is 17.9 Å². The number of aromatic nitrogens is 2. The number of nitro groups is 1. The van der Waals surface area contributed by atoms with Crippen LogP contribution in [0.25, 0.3) is 10.1 Å². The molecule has 1 amide bonds. The van der Waals surface area contributed by atoms with Crippen LogP contribution in [-0.2, 0) is 7.05 Å². The van der Waals surface area contributed by atoms with Gasteiger partial charge in [0.05, 0.1) is 4.92 Å². The fraction of sp³-hybridized carbons (Fsp3) is 0.200. The van der Waals surface area contributed by atoms with Gasteiger partial charge in [-0.1, -0.05) is 18.2 Å². The summed E-state index contributed by atoms with van der Waals surface area (Å²) in [6, 6.07) is 9.59. The second kappa shape index (κ2) is 6.38. The summed E-state index contributed by atoms with van der Waals surface area (Å²) in [5.41, 5.74) is -0.519. The van der Waals surface area contributed by atoms with Crippen molar-refractivity contribution in [3.8, 4) is 0 Å². The first-order valence-electron chi connectivity index (χ1n) is 7.08. The fourth-order valence-corrected chi connectivity index (χ4v) is 3.41. The summed E-state index contributed by atoms with van der Waals surface area (Å²) >= 11 is 1.44. The van der Waals surface area contributed by atoms with Gasteiger partial charge in [-0.2, -0.15) is 5.10 Å². The molecule has 2 N–H and O–H groups in total. The fourth-order valence-electron chi connectivity index (χ4n) is 2.36. The summed E-state index contributed by atoms with van der Waals surface area (Å²) in [6.45, 7) is -0.0476. The maximum Gasteiger partial charge on any atom is 0.320 e. The normalized spacial score (nSPS) is 12.2. The van der Waals surface area contributed by atoms with Gasteiger partial charge in [-0.05, 0) is 17.5 Å². The number of hydrogen-bond acceptors (Lipinski definition) is 6. The summed E-state index contributed by atoms with van der Waals surface area (Å²) < 4.78 is 2.18. The third kappa shape index (κ3) is 2.99. The van der Waals surface area contributed by atoms with Crippen LogP contribution in [0.4, 0.5) is 5.69 Å². The molecular formula is C15H14N4O4S. The highest BCUT2D eigenvalue weighted by Crippen LogP contribution is 2.29. The highest BCUT2D eigenvalue weighted by Gasteiger charge is 2.26. The third-order valence-corrected chi connectivity index (χ3v) is 4.78. The number of aliphatic hydroxyl groups excluding tert-OH is 1. The predicted molar refractivity (Wildman–Crippen MR) is 89.0 cm³/mol. The lowest BCUT2D eigenvalue weighted by atomic mass is 10.2. The van der Waals surface area contributed by atoms with Gasteiger partial charge >= 0.3 is 5.69 Å². The van der Waals surface area contributed by atoms with Crippen LogP contribution >= 0.6 is 11.3 Å². The lowest BCUT2D eigenvalue weighted by Gasteiger charge is -2.10. The molecule has 24 heavy (non-hydrogen) atoms. The van der Waals surface area contributed by atoms with Crippen molar-refractivity contribution in [1.29, 1.82) is 0 Å².